The standard InChI is InChI=1S/C27H41NO6/c1-6-14(2)9-15(3)10-17(5)26-16(4)7-8-22(34-26)24-25(32)19(13-28-27(24)33)23-20(30)11-18(29)12-21(23)31/h10,13-16,20-23,26,30-31H,6-9,11-12H2,1-5H3,(H2,28,32,33)/b17-10+/t14?,15?,16?,20-,21+,22?,23?,26-/m1/s1. The van der Waals surface area contributed by atoms with E-state index in [0.717, 1.165) is 24.8 Å². The van der Waals surface area contributed by atoms with E-state index in [1.54, 1.807) is 0 Å². The Hall–Kier alpha value is -1.96. The minimum Gasteiger partial charge on any atom is -0.507 e. The molecule has 0 radical (unpaired) electrons. The molecule has 5 unspecified atom stereocenters. The van der Waals surface area contributed by atoms with Gasteiger partial charge in [-0.25, -0.2) is 0 Å². The molecule has 4 N–H and O–H groups in total. The van der Waals surface area contributed by atoms with Crippen molar-refractivity contribution in [2.75, 3.05) is 0 Å². The fourth-order valence-electron chi connectivity index (χ4n) is 5.71. The highest BCUT2D eigenvalue weighted by atomic mass is 16.5. The number of aromatic hydroxyl groups is 1. The summed E-state index contributed by atoms with van der Waals surface area (Å²) in [5, 5.41) is 32.0. The molecule has 34 heavy (non-hydrogen) atoms. The normalized spacial score (nSPS) is 32.4. The van der Waals surface area contributed by atoms with E-state index in [4.69, 9.17) is 4.74 Å². The van der Waals surface area contributed by atoms with Crippen molar-refractivity contribution in [2.24, 2.45) is 17.8 Å². The number of carbonyl (C=O) groups is 1. The Balaban J connectivity index is 1.87. The first-order valence-electron chi connectivity index (χ1n) is 12.7. The third-order valence-corrected chi connectivity index (χ3v) is 7.69. The molecule has 7 nitrogen and oxygen atoms in total. The van der Waals surface area contributed by atoms with Crippen LogP contribution in [0.3, 0.4) is 0 Å². The number of aromatic nitrogens is 1. The van der Waals surface area contributed by atoms with Crippen LogP contribution in [0.5, 0.6) is 5.75 Å². The number of allylic oxidation sites excluding steroid dienone is 1. The molecule has 0 amide bonds. The largest absolute Gasteiger partial charge is 0.507 e. The molecule has 0 aromatic carbocycles. The lowest BCUT2D eigenvalue weighted by molar-refractivity contribution is -0.128. The minimum atomic E-state index is -1.13. The average molecular weight is 476 g/mol. The molecule has 8 atom stereocenters. The summed E-state index contributed by atoms with van der Waals surface area (Å²) in [7, 11) is 0. The molecular formula is C27H41NO6. The summed E-state index contributed by atoms with van der Waals surface area (Å²) in [5.74, 6) is 0.0121. The van der Waals surface area contributed by atoms with E-state index in [-0.39, 0.29) is 47.5 Å². The molecule has 1 saturated carbocycles. The summed E-state index contributed by atoms with van der Waals surface area (Å²) < 4.78 is 6.43. The second kappa shape index (κ2) is 11.2. The first kappa shape index (κ1) is 26.6. The van der Waals surface area contributed by atoms with Crippen molar-refractivity contribution in [1.82, 2.24) is 4.98 Å². The van der Waals surface area contributed by atoms with Crippen LogP contribution in [0.15, 0.2) is 22.6 Å². The van der Waals surface area contributed by atoms with Gasteiger partial charge in [-0.05, 0) is 49.5 Å². The van der Waals surface area contributed by atoms with E-state index in [1.807, 2.05) is 0 Å². The second-order valence-electron chi connectivity index (χ2n) is 10.7. The number of hydrogen-bond acceptors (Lipinski definition) is 6. The Morgan fingerprint density at radius 2 is 1.85 bits per heavy atom. The monoisotopic (exact) mass is 475 g/mol. The zero-order chi connectivity index (χ0) is 25.2. The number of aliphatic hydroxyl groups excluding tert-OH is 2. The molecule has 2 aliphatic rings. The summed E-state index contributed by atoms with van der Waals surface area (Å²) >= 11 is 0. The van der Waals surface area contributed by atoms with Gasteiger partial charge in [-0.3, -0.25) is 9.59 Å². The smallest absolute Gasteiger partial charge is 0.257 e. The molecule has 1 saturated heterocycles. The van der Waals surface area contributed by atoms with Crippen molar-refractivity contribution in [3.8, 4) is 5.75 Å². The molecule has 0 spiro atoms. The van der Waals surface area contributed by atoms with Gasteiger partial charge in [-0.1, -0.05) is 40.2 Å². The Kier molecular flexibility index (Phi) is 8.77. The highest BCUT2D eigenvalue weighted by molar-refractivity contribution is 5.81. The fourth-order valence-corrected chi connectivity index (χ4v) is 5.71. The summed E-state index contributed by atoms with van der Waals surface area (Å²) in [6.07, 6.45) is 4.08. The summed E-state index contributed by atoms with van der Waals surface area (Å²) in [6, 6.07) is 0. The van der Waals surface area contributed by atoms with Gasteiger partial charge in [0, 0.05) is 30.5 Å². The van der Waals surface area contributed by atoms with Crippen LogP contribution in [-0.4, -0.2) is 44.4 Å². The number of hydrogen-bond donors (Lipinski definition) is 4. The topological polar surface area (TPSA) is 120 Å². The predicted molar refractivity (Wildman–Crippen MR) is 131 cm³/mol. The number of aliphatic hydroxyl groups is 2. The molecule has 3 rings (SSSR count). The van der Waals surface area contributed by atoms with Gasteiger partial charge in [0.25, 0.3) is 5.56 Å². The fraction of sp³-hybridized carbons (Fsp3) is 0.704. The minimum absolute atomic E-state index is 0.0893. The quantitative estimate of drug-likeness (QED) is 0.440. The van der Waals surface area contributed by atoms with E-state index in [9.17, 15) is 24.9 Å². The lowest BCUT2D eigenvalue weighted by atomic mass is 9.78. The molecule has 190 valence electrons. The van der Waals surface area contributed by atoms with Gasteiger partial charge in [-0.15, -0.1) is 0 Å². The molecule has 2 heterocycles. The average Bonchev–Trinajstić information content (AvgIpc) is 2.75. The van der Waals surface area contributed by atoms with Crippen molar-refractivity contribution in [2.45, 2.75) is 103 Å². The third-order valence-electron chi connectivity index (χ3n) is 7.69. The lowest BCUT2D eigenvalue weighted by Gasteiger charge is -2.37. The van der Waals surface area contributed by atoms with Gasteiger partial charge in [0.05, 0.1) is 30.0 Å². The van der Waals surface area contributed by atoms with Crippen molar-refractivity contribution in [3.05, 3.63) is 39.3 Å². The molecule has 1 aliphatic heterocycles. The van der Waals surface area contributed by atoms with Gasteiger partial charge in [0.15, 0.2) is 0 Å². The van der Waals surface area contributed by atoms with Crippen molar-refractivity contribution < 1.29 is 24.9 Å². The first-order chi connectivity index (χ1) is 16.0. The predicted octanol–water partition coefficient (Wildman–Crippen LogP) is 4.12. The Labute approximate surface area is 202 Å². The first-order valence-corrected chi connectivity index (χ1v) is 12.7. The molecule has 1 aromatic heterocycles. The van der Waals surface area contributed by atoms with Crippen LogP contribution in [0, 0.1) is 17.8 Å². The lowest BCUT2D eigenvalue weighted by Crippen LogP contribution is -2.39. The molecular weight excluding hydrogens is 434 g/mol. The maximum atomic E-state index is 12.8. The van der Waals surface area contributed by atoms with Gasteiger partial charge >= 0.3 is 0 Å². The van der Waals surface area contributed by atoms with Gasteiger partial charge in [0.2, 0.25) is 0 Å². The number of H-pyrrole nitrogens is 1. The van der Waals surface area contributed by atoms with Crippen molar-refractivity contribution in [3.63, 3.8) is 0 Å². The van der Waals surface area contributed by atoms with Crippen molar-refractivity contribution in [1.29, 1.82) is 0 Å². The number of ether oxygens (including phenoxy) is 1. The molecule has 1 aliphatic carbocycles. The highest BCUT2D eigenvalue weighted by Gasteiger charge is 2.40. The molecule has 2 fully saturated rings. The van der Waals surface area contributed by atoms with Crippen LogP contribution in [0.25, 0.3) is 0 Å². The number of Topliss-reactive ketones (excluding diaryl/α,β-unsaturated/α-hetero) is 1. The second-order valence-corrected chi connectivity index (χ2v) is 10.7. The maximum absolute atomic E-state index is 12.8. The van der Waals surface area contributed by atoms with E-state index in [2.05, 4.69) is 45.7 Å². The van der Waals surface area contributed by atoms with E-state index in [0.29, 0.717) is 18.3 Å². The van der Waals surface area contributed by atoms with Crippen LogP contribution < -0.4 is 5.56 Å². The summed E-state index contributed by atoms with van der Waals surface area (Å²) in [6.45, 7) is 10.9. The summed E-state index contributed by atoms with van der Waals surface area (Å²) in [4.78, 5) is 27.2. The number of rotatable bonds is 7. The van der Waals surface area contributed by atoms with E-state index >= 15 is 0 Å². The van der Waals surface area contributed by atoms with E-state index < -0.39 is 29.8 Å². The number of carbonyl (C=O) groups excluding carboxylic acids is 1. The third kappa shape index (κ3) is 5.81. The zero-order valence-electron chi connectivity index (χ0n) is 21.1. The molecule has 1 aromatic rings. The summed E-state index contributed by atoms with van der Waals surface area (Å²) in [5.41, 5.74) is 1.07. The number of ketones is 1. The van der Waals surface area contributed by atoms with Gasteiger partial charge < -0.3 is 25.0 Å². The van der Waals surface area contributed by atoms with Crippen molar-refractivity contribution >= 4 is 5.78 Å². The number of nitrogens with one attached hydrogen (secondary N) is 1. The Morgan fingerprint density at radius 3 is 2.47 bits per heavy atom. The van der Waals surface area contributed by atoms with Gasteiger partial charge in [0.1, 0.15) is 11.5 Å². The van der Waals surface area contributed by atoms with Crippen LogP contribution in [0.1, 0.15) is 96.3 Å². The number of aromatic amines is 1. The number of pyridine rings is 1. The van der Waals surface area contributed by atoms with Crippen LogP contribution in [0.4, 0.5) is 0 Å². The van der Waals surface area contributed by atoms with E-state index in [1.165, 1.54) is 6.20 Å². The van der Waals surface area contributed by atoms with Crippen LogP contribution >= 0.6 is 0 Å². The zero-order valence-corrected chi connectivity index (χ0v) is 21.1. The maximum Gasteiger partial charge on any atom is 0.257 e. The highest BCUT2D eigenvalue weighted by Crippen LogP contribution is 2.43. The molecule has 0 bridgehead atoms. The molecule has 7 heteroatoms. The van der Waals surface area contributed by atoms with Crippen LogP contribution in [-0.2, 0) is 9.53 Å². The SMILES string of the molecule is CCC(C)CC(C)/C=C(\C)[C@@H]1OC(c2c(O)c(C3[C@H](O)CC(=O)C[C@@H]3O)c[nH]c2=O)CCC1C. The van der Waals surface area contributed by atoms with Gasteiger partial charge in [-0.2, -0.15) is 0 Å². The Morgan fingerprint density at radius 1 is 1.21 bits per heavy atom. The Bertz CT molecular complexity index is 939. The van der Waals surface area contributed by atoms with Crippen LogP contribution in [0.2, 0.25) is 0 Å².